The minimum atomic E-state index is -4.01. The Bertz CT molecular complexity index is 532. The van der Waals surface area contributed by atoms with Crippen molar-refractivity contribution in [3.63, 3.8) is 0 Å². The maximum Gasteiger partial charge on any atom is 0.324 e. The second kappa shape index (κ2) is 5.54. The third-order valence-corrected chi connectivity index (χ3v) is 5.60. The first kappa shape index (κ1) is 15.4. The number of aryl methyl sites for hydroxylation is 1. The Morgan fingerprint density at radius 1 is 1.56 bits per heavy atom. The molecule has 0 aliphatic rings. The van der Waals surface area contributed by atoms with E-state index in [2.05, 4.69) is 0 Å². The zero-order valence-electron chi connectivity index (χ0n) is 9.55. The van der Waals surface area contributed by atoms with Crippen molar-refractivity contribution in [3.05, 3.63) is 16.0 Å². The molecule has 0 spiro atoms. The van der Waals surface area contributed by atoms with Crippen LogP contribution in [0.2, 0.25) is 4.34 Å². The van der Waals surface area contributed by atoms with Gasteiger partial charge in [-0.15, -0.1) is 11.3 Å². The van der Waals surface area contributed by atoms with E-state index in [1.54, 1.807) is 6.92 Å². The third-order valence-electron chi connectivity index (χ3n) is 2.13. The van der Waals surface area contributed by atoms with Crippen LogP contribution >= 0.6 is 22.9 Å². The molecule has 0 bridgehead atoms. The van der Waals surface area contributed by atoms with Crippen molar-refractivity contribution in [2.24, 2.45) is 0 Å². The maximum absolute atomic E-state index is 11.9. The van der Waals surface area contributed by atoms with Crippen LogP contribution in [0.25, 0.3) is 0 Å². The van der Waals surface area contributed by atoms with E-state index in [0.717, 1.165) is 11.3 Å². The summed E-state index contributed by atoms with van der Waals surface area (Å²) in [6.07, 6.45) is -1.35. The number of aliphatic carboxylic acids is 1. The molecule has 0 aromatic carbocycles. The highest BCUT2D eigenvalue weighted by Gasteiger charge is 2.30. The second-order valence-corrected chi connectivity index (χ2v) is 7.30. The van der Waals surface area contributed by atoms with Crippen molar-refractivity contribution in [1.82, 2.24) is 4.72 Å². The average molecular weight is 314 g/mol. The number of carbonyl (C=O) groups is 1. The predicted molar refractivity (Wildman–Crippen MR) is 67.5 cm³/mol. The number of sulfonamides is 1. The number of thiophene rings is 1. The lowest BCUT2D eigenvalue weighted by Gasteiger charge is -2.16. The fraction of sp³-hybridized carbons (Fsp3) is 0.444. The largest absolute Gasteiger partial charge is 0.480 e. The SMILES string of the molecule is Cc1cc(S(=O)(=O)NC(C(=O)O)C(C)O)sc1Cl. The van der Waals surface area contributed by atoms with Crippen LogP contribution in [0.5, 0.6) is 0 Å². The van der Waals surface area contributed by atoms with E-state index in [1.165, 1.54) is 13.0 Å². The fourth-order valence-corrected chi connectivity index (χ4v) is 4.13. The number of halogens is 1. The van der Waals surface area contributed by atoms with Crippen LogP contribution < -0.4 is 4.72 Å². The van der Waals surface area contributed by atoms with Gasteiger partial charge in [0.2, 0.25) is 0 Å². The topological polar surface area (TPSA) is 104 Å². The van der Waals surface area contributed by atoms with Crippen molar-refractivity contribution in [2.45, 2.75) is 30.2 Å². The van der Waals surface area contributed by atoms with Crippen LogP contribution in [0.4, 0.5) is 0 Å². The summed E-state index contributed by atoms with van der Waals surface area (Å²) in [5.41, 5.74) is 0.589. The van der Waals surface area contributed by atoms with Crippen LogP contribution in [0.15, 0.2) is 10.3 Å². The highest BCUT2D eigenvalue weighted by molar-refractivity contribution is 7.91. The van der Waals surface area contributed by atoms with Gasteiger partial charge in [0.05, 0.1) is 10.4 Å². The van der Waals surface area contributed by atoms with Crippen LogP contribution in [-0.2, 0) is 14.8 Å². The van der Waals surface area contributed by atoms with E-state index < -0.39 is 28.1 Å². The third kappa shape index (κ3) is 3.42. The molecule has 6 nitrogen and oxygen atoms in total. The Labute approximate surface area is 113 Å². The van der Waals surface area contributed by atoms with E-state index in [0.29, 0.717) is 9.90 Å². The number of rotatable bonds is 5. The molecule has 2 unspecified atom stereocenters. The zero-order chi connectivity index (χ0) is 14.1. The predicted octanol–water partition coefficient (Wildman–Crippen LogP) is 0.822. The maximum atomic E-state index is 11.9. The molecule has 2 atom stereocenters. The summed E-state index contributed by atoms with van der Waals surface area (Å²) in [5.74, 6) is -1.45. The lowest BCUT2D eigenvalue weighted by atomic mass is 10.2. The average Bonchev–Trinajstić information content (AvgIpc) is 2.56. The molecule has 0 saturated heterocycles. The van der Waals surface area contributed by atoms with Gasteiger partial charge in [-0.3, -0.25) is 4.79 Å². The number of hydrogen-bond donors (Lipinski definition) is 3. The summed E-state index contributed by atoms with van der Waals surface area (Å²) in [4.78, 5) is 10.8. The molecule has 0 aliphatic heterocycles. The molecule has 3 N–H and O–H groups in total. The summed E-state index contributed by atoms with van der Waals surface area (Å²) in [6, 6.07) is -0.257. The minimum absolute atomic E-state index is 0.0862. The molecule has 9 heteroatoms. The Balaban J connectivity index is 3.04. The van der Waals surface area contributed by atoms with Gasteiger partial charge in [-0.1, -0.05) is 11.6 Å². The van der Waals surface area contributed by atoms with Crippen LogP contribution in [-0.4, -0.2) is 36.7 Å². The van der Waals surface area contributed by atoms with Crippen molar-refractivity contribution in [3.8, 4) is 0 Å². The van der Waals surface area contributed by atoms with Gasteiger partial charge in [-0.25, -0.2) is 8.42 Å². The smallest absolute Gasteiger partial charge is 0.324 e. The molecule has 0 saturated carbocycles. The Kier molecular flexibility index (Phi) is 4.73. The first-order chi connectivity index (χ1) is 8.15. The number of hydrogen-bond acceptors (Lipinski definition) is 5. The van der Waals surface area contributed by atoms with Gasteiger partial charge < -0.3 is 10.2 Å². The van der Waals surface area contributed by atoms with Gasteiger partial charge in [0.15, 0.2) is 0 Å². The quantitative estimate of drug-likeness (QED) is 0.746. The molecular formula is C9H12ClNO5S2. The van der Waals surface area contributed by atoms with Crippen molar-refractivity contribution in [2.75, 3.05) is 0 Å². The summed E-state index contributed by atoms with van der Waals surface area (Å²) >= 11 is 6.58. The standard InChI is InChI=1S/C9H12ClNO5S2/c1-4-3-6(17-8(4)10)18(15,16)11-7(5(2)12)9(13)14/h3,5,7,11-12H,1-2H3,(H,13,14). The highest BCUT2D eigenvalue weighted by Crippen LogP contribution is 2.30. The van der Waals surface area contributed by atoms with Crippen LogP contribution in [0.3, 0.4) is 0 Å². The van der Waals surface area contributed by atoms with Crippen molar-refractivity contribution >= 4 is 38.9 Å². The first-order valence-corrected chi connectivity index (χ1v) is 7.52. The normalized spacial score (nSPS) is 15.3. The van der Waals surface area contributed by atoms with E-state index in [9.17, 15) is 18.3 Å². The molecule has 0 amide bonds. The van der Waals surface area contributed by atoms with Crippen molar-refractivity contribution in [1.29, 1.82) is 0 Å². The van der Waals surface area contributed by atoms with Crippen molar-refractivity contribution < 1.29 is 23.4 Å². The van der Waals surface area contributed by atoms with E-state index >= 15 is 0 Å². The molecule has 1 heterocycles. The van der Waals surface area contributed by atoms with Crippen LogP contribution in [0, 0.1) is 6.92 Å². The Morgan fingerprint density at radius 3 is 2.44 bits per heavy atom. The van der Waals surface area contributed by atoms with Gasteiger partial charge in [-0.2, -0.15) is 4.72 Å². The summed E-state index contributed by atoms with van der Waals surface area (Å²) in [7, 11) is -4.01. The Morgan fingerprint density at radius 2 is 2.11 bits per heavy atom. The van der Waals surface area contributed by atoms with Gasteiger partial charge in [-0.05, 0) is 25.5 Å². The highest BCUT2D eigenvalue weighted by atomic mass is 35.5. The van der Waals surface area contributed by atoms with Gasteiger partial charge in [0.1, 0.15) is 10.3 Å². The van der Waals surface area contributed by atoms with E-state index in [1.807, 2.05) is 4.72 Å². The monoisotopic (exact) mass is 313 g/mol. The number of aliphatic hydroxyl groups excluding tert-OH is 1. The Hall–Kier alpha value is -0.670. The lowest BCUT2D eigenvalue weighted by Crippen LogP contribution is -2.47. The zero-order valence-corrected chi connectivity index (χ0v) is 11.9. The van der Waals surface area contributed by atoms with Gasteiger partial charge in [0, 0.05) is 0 Å². The summed E-state index contributed by atoms with van der Waals surface area (Å²) in [6.45, 7) is 2.83. The summed E-state index contributed by atoms with van der Waals surface area (Å²) < 4.78 is 25.9. The number of carboxylic acids is 1. The van der Waals surface area contributed by atoms with E-state index in [4.69, 9.17) is 16.7 Å². The van der Waals surface area contributed by atoms with E-state index in [-0.39, 0.29) is 4.21 Å². The molecule has 18 heavy (non-hydrogen) atoms. The lowest BCUT2D eigenvalue weighted by molar-refractivity contribution is -0.141. The van der Waals surface area contributed by atoms with Gasteiger partial charge in [0.25, 0.3) is 10.0 Å². The second-order valence-electron chi connectivity index (χ2n) is 3.70. The molecule has 0 fully saturated rings. The number of nitrogens with one attached hydrogen (secondary N) is 1. The number of aliphatic hydroxyl groups is 1. The molecule has 1 rings (SSSR count). The molecule has 102 valence electrons. The molecule has 1 aromatic heterocycles. The first-order valence-electron chi connectivity index (χ1n) is 4.84. The molecular weight excluding hydrogens is 302 g/mol. The minimum Gasteiger partial charge on any atom is -0.480 e. The van der Waals surface area contributed by atoms with Gasteiger partial charge >= 0.3 is 5.97 Å². The molecule has 0 radical (unpaired) electrons. The fourth-order valence-electron chi connectivity index (χ4n) is 1.14. The van der Waals surface area contributed by atoms with Crippen LogP contribution in [0.1, 0.15) is 12.5 Å². The molecule has 0 aliphatic carbocycles. The number of carboxylic acid groups (broad SMARTS) is 1. The molecule has 1 aromatic rings. The summed E-state index contributed by atoms with van der Waals surface area (Å²) in [5, 5.41) is 18.0.